The molecule has 0 saturated carbocycles. The molecular weight excluding hydrogens is 276 g/mol. The Morgan fingerprint density at radius 3 is 2.26 bits per heavy atom. The number of esters is 1. The lowest BCUT2D eigenvalue weighted by atomic mass is 10.1. The van der Waals surface area contributed by atoms with Crippen LogP contribution < -0.4 is 0 Å². The van der Waals surface area contributed by atoms with Crippen molar-refractivity contribution in [3.63, 3.8) is 0 Å². The highest BCUT2D eigenvalue weighted by molar-refractivity contribution is 8.04. The van der Waals surface area contributed by atoms with Crippen LogP contribution >= 0.6 is 23.5 Å². The number of benzene rings is 1. The summed E-state index contributed by atoms with van der Waals surface area (Å²) in [5, 5.41) is 0.0347. The van der Waals surface area contributed by atoms with Gasteiger partial charge < -0.3 is 4.74 Å². The van der Waals surface area contributed by atoms with Crippen molar-refractivity contribution in [3.8, 4) is 0 Å². The van der Waals surface area contributed by atoms with E-state index in [-0.39, 0.29) is 16.5 Å². The van der Waals surface area contributed by atoms with Crippen molar-refractivity contribution in [2.75, 3.05) is 18.1 Å². The van der Waals surface area contributed by atoms with Crippen LogP contribution in [0.5, 0.6) is 0 Å². The molecule has 2 unspecified atom stereocenters. The van der Waals surface area contributed by atoms with Gasteiger partial charge in [0, 0.05) is 0 Å². The maximum absolute atomic E-state index is 12.2. The molecule has 0 aliphatic heterocycles. The van der Waals surface area contributed by atoms with Crippen LogP contribution in [0, 0.1) is 0 Å². The molecular formula is C15H22O2S2. The lowest BCUT2D eigenvalue weighted by Crippen LogP contribution is -2.26. The van der Waals surface area contributed by atoms with Crippen molar-refractivity contribution in [1.82, 2.24) is 0 Å². The molecule has 0 aliphatic rings. The lowest BCUT2D eigenvalue weighted by Gasteiger charge is -2.24. The summed E-state index contributed by atoms with van der Waals surface area (Å²) in [6, 6.07) is 10.2. The number of ether oxygens (including phenoxy) is 1. The Balaban J connectivity index is 2.95. The zero-order chi connectivity index (χ0) is 14.1. The van der Waals surface area contributed by atoms with Crippen molar-refractivity contribution >= 4 is 29.5 Å². The highest BCUT2D eigenvalue weighted by Crippen LogP contribution is 2.38. The second-order valence-electron chi connectivity index (χ2n) is 3.91. The first kappa shape index (κ1) is 16.4. The Labute approximate surface area is 124 Å². The molecule has 1 rings (SSSR count). The molecule has 0 aliphatic carbocycles. The van der Waals surface area contributed by atoms with Crippen LogP contribution in [0.1, 0.15) is 31.6 Å². The van der Waals surface area contributed by atoms with Gasteiger partial charge >= 0.3 is 5.97 Å². The van der Waals surface area contributed by atoms with E-state index in [4.69, 9.17) is 4.74 Å². The van der Waals surface area contributed by atoms with E-state index in [0.717, 1.165) is 11.5 Å². The summed E-state index contributed by atoms with van der Waals surface area (Å²) in [4.78, 5) is 12.2. The van der Waals surface area contributed by atoms with Gasteiger partial charge in [0.1, 0.15) is 5.25 Å². The lowest BCUT2D eigenvalue weighted by molar-refractivity contribution is -0.142. The Morgan fingerprint density at radius 1 is 1.11 bits per heavy atom. The first-order valence-corrected chi connectivity index (χ1v) is 8.79. The fourth-order valence-electron chi connectivity index (χ4n) is 1.86. The summed E-state index contributed by atoms with van der Waals surface area (Å²) in [6.07, 6.45) is 0. The zero-order valence-corrected chi connectivity index (χ0v) is 13.4. The van der Waals surface area contributed by atoms with Crippen molar-refractivity contribution in [3.05, 3.63) is 35.9 Å². The molecule has 0 N–H and O–H groups in total. The third kappa shape index (κ3) is 5.11. The molecule has 19 heavy (non-hydrogen) atoms. The van der Waals surface area contributed by atoms with Crippen LogP contribution in [0.4, 0.5) is 0 Å². The normalized spacial score (nSPS) is 13.8. The van der Waals surface area contributed by atoms with E-state index in [9.17, 15) is 4.79 Å². The van der Waals surface area contributed by atoms with Gasteiger partial charge in [-0.15, -0.1) is 11.8 Å². The number of rotatable bonds is 8. The minimum Gasteiger partial charge on any atom is -0.465 e. The van der Waals surface area contributed by atoms with E-state index in [1.165, 1.54) is 5.56 Å². The van der Waals surface area contributed by atoms with E-state index in [1.54, 1.807) is 11.8 Å². The highest BCUT2D eigenvalue weighted by Gasteiger charge is 2.30. The van der Waals surface area contributed by atoms with Crippen LogP contribution in [0.2, 0.25) is 0 Å². The third-order valence-corrected chi connectivity index (χ3v) is 5.18. The molecule has 0 saturated heterocycles. The quantitative estimate of drug-likeness (QED) is 0.673. The topological polar surface area (TPSA) is 26.3 Å². The van der Waals surface area contributed by atoms with Gasteiger partial charge in [-0.3, -0.25) is 4.79 Å². The van der Waals surface area contributed by atoms with Crippen molar-refractivity contribution in [1.29, 1.82) is 0 Å². The summed E-state index contributed by atoms with van der Waals surface area (Å²) in [5.41, 5.74) is 1.20. The van der Waals surface area contributed by atoms with E-state index < -0.39 is 0 Å². The molecule has 2 atom stereocenters. The molecule has 2 nitrogen and oxygen atoms in total. The Morgan fingerprint density at radius 2 is 1.74 bits per heavy atom. The largest absolute Gasteiger partial charge is 0.465 e. The number of hydrogen-bond acceptors (Lipinski definition) is 4. The number of carbonyl (C=O) groups is 1. The van der Waals surface area contributed by atoms with Gasteiger partial charge in [-0.05, 0) is 24.0 Å². The van der Waals surface area contributed by atoms with E-state index in [1.807, 2.05) is 36.9 Å². The van der Waals surface area contributed by atoms with E-state index >= 15 is 0 Å². The van der Waals surface area contributed by atoms with Crippen LogP contribution in [0.3, 0.4) is 0 Å². The predicted molar refractivity (Wildman–Crippen MR) is 85.9 cm³/mol. The van der Waals surface area contributed by atoms with Gasteiger partial charge in [0.25, 0.3) is 0 Å². The maximum atomic E-state index is 12.2. The zero-order valence-electron chi connectivity index (χ0n) is 11.8. The fraction of sp³-hybridized carbons (Fsp3) is 0.533. The molecule has 0 amide bonds. The minimum absolute atomic E-state index is 0.0934. The van der Waals surface area contributed by atoms with Crippen molar-refractivity contribution < 1.29 is 9.53 Å². The second kappa shape index (κ2) is 9.32. The molecule has 0 aromatic heterocycles. The Kier molecular flexibility index (Phi) is 8.07. The Hall–Kier alpha value is -0.610. The molecule has 0 fully saturated rings. The van der Waals surface area contributed by atoms with Gasteiger partial charge in [-0.25, -0.2) is 0 Å². The highest BCUT2D eigenvalue weighted by atomic mass is 32.2. The second-order valence-corrected chi connectivity index (χ2v) is 6.75. The molecule has 0 spiro atoms. The monoisotopic (exact) mass is 298 g/mol. The molecule has 0 heterocycles. The van der Waals surface area contributed by atoms with Crippen LogP contribution in [-0.4, -0.2) is 29.3 Å². The SMILES string of the molecule is CCOC(=O)C(SCC)C(SCC)c1ccccc1. The molecule has 0 bridgehead atoms. The molecule has 1 aromatic carbocycles. The molecule has 106 valence electrons. The molecule has 1 aromatic rings. The van der Waals surface area contributed by atoms with Crippen molar-refractivity contribution in [2.45, 2.75) is 31.3 Å². The maximum Gasteiger partial charge on any atom is 0.320 e. The number of thioether (sulfide) groups is 2. The summed E-state index contributed by atoms with van der Waals surface area (Å²) < 4.78 is 5.23. The van der Waals surface area contributed by atoms with Gasteiger partial charge in [0.2, 0.25) is 0 Å². The Bertz CT molecular complexity index is 368. The van der Waals surface area contributed by atoms with Crippen LogP contribution in [0.15, 0.2) is 30.3 Å². The van der Waals surface area contributed by atoms with Crippen LogP contribution in [-0.2, 0) is 9.53 Å². The van der Waals surface area contributed by atoms with Gasteiger partial charge in [-0.2, -0.15) is 11.8 Å². The van der Waals surface area contributed by atoms with E-state index in [2.05, 4.69) is 26.0 Å². The van der Waals surface area contributed by atoms with Gasteiger partial charge in [0.15, 0.2) is 0 Å². The first-order valence-electron chi connectivity index (χ1n) is 6.69. The third-order valence-electron chi connectivity index (χ3n) is 2.61. The van der Waals surface area contributed by atoms with Gasteiger partial charge in [0.05, 0.1) is 11.9 Å². The van der Waals surface area contributed by atoms with Gasteiger partial charge in [-0.1, -0.05) is 44.2 Å². The van der Waals surface area contributed by atoms with Crippen molar-refractivity contribution in [2.24, 2.45) is 0 Å². The number of carbonyl (C=O) groups excluding carboxylic acids is 1. The fourth-order valence-corrected chi connectivity index (χ4v) is 4.22. The molecule has 0 radical (unpaired) electrons. The number of hydrogen-bond donors (Lipinski definition) is 0. The average molecular weight is 298 g/mol. The summed E-state index contributed by atoms with van der Waals surface area (Å²) in [6.45, 7) is 6.50. The summed E-state index contributed by atoms with van der Waals surface area (Å²) in [7, 11) is 0. The minimum atomic E-state index is -0.128. The van der Waals surface area contributed by atoms with E-state index in [0.29, 0.717) is 6.61 Å². The average Bonchev–Trinajstić information content (AvgIpc) is 2.44. The standard InChI is InChI=1S/C15H22O2S2/c1-4-17-15(16)14(19-6-3)13(18-5-2)12-10-8-7-9-11-12/h7-11,13-14H,4-6H2,1-3H3. The molecule has 4 heteroatoms. The smallest absolute Gasteiger partial charge is 0.320 e. The first-order chi connectivity index (χ1) is 9.24. The predicted octanol–water partition coefficient (Wildman–Crippen LogP) is 4.17. The summed E-state index contributed by atoms with van der Waals surface area (Å²) in [5.74, 6) is 1.81. The van der Waals surface area contributed by atoms with Crippen LogP contribution in [0.25, 0.3) is 0 Å². The summed E-state index contributed by atoms with van der Waals surface area (Å²) >= 11 is 3.48.